The predicted molar refractivity (Wildman–Crippen MR) is 56.1 cm³/mol. The van der Waals surface area contributed by atoms with Gasteiger partial charge in [0.1, 0.15) is 5.75 Å². The molecular formula is C12H16O. The van der Waals surface area contributed by atoms with E-state index in [9.17, 15) is 0 Å². The van der Waals surface area contributed by atoms with Gasteiger partial charge in [-0.15, -0.1) is 0 Å². The molecule has 70 valence electrons. The zero-order valence-electron chi connectivity index (χ0n) is 8.72. The molecule has 0 saturated carbocycles. The van der Waals surface area contributed by atoms with Gasteiger partial charge >= 0.3 is 0 Å². The van der Waals surface area contributed by atoms with Gasteiger partial charge in [0.25, 0.3) is 0 Å². The molecule has 1 nitrogen and oxygen atoms in total. The Morgan fingerprint density at radius 3 is 2.08 bits per heavy atom. The molecule has 0 fully saturated rings. The van der Waals surface area contributed by atoms with Crippen LogP contribution in [-0.2, 0) is 0 Å². The van der Waals surface area contributed by atoms with Crippen molar-refractivity contribution < 1.29 is 4.74 Å². The molecular weight excluding hydrogens is 160 g/mol. The van der Waals surface area contributed by atoms with Crippen LogP contribution in [0.3, 0.4) is 0 Å². The molecule has 0 amide bonds. The summed E-state index contributed by atoms with van der Waals surface area (Å²) in [6.45, 7) is 8.18. The highest BCUT2D eigenvalue weighted by atomic mass is 16.5. The quantitative estimate of drug-likeness (QED) is 0.626. The lowest BCUT2D eigenvalue weighted by Crippen LogP contribution is -1.91. The van der Waals surface area contributed by atoms with E-state index in [1.54, 1.807) is 6.26 Å². The minimum atomic E-state index is 0.976. The summed E-state index contributed by atoms with van der Waals surface area (Å²) in [5, 5.41) is 0. The first-order valence-electron chi connectivity index (χ1n) is 4.51. The van der Waals surface area contributed by atoms with E-state index >= 15 is 0 Å². The first-order chi connectivity index (χ1) is 6.15. The summed E-state index contributed by atoms with van der Waals surface area (Å²) in [5.41, 5.74) is 3.66. The number of aryl methyl sites for hydroxylation is 3. The van der Waals surface area contributed by atoms with Gasteiger partial charge in [0.2, 0.25) is 0 Å². The van der Waals surface area contributed by atoms with E-state index in [0.717, 1.165) is 5.75 Å². The molecule has 0 heterocycles. The van der Waals surface area contributed by atoms with Crippen LogP contribution in [0.1, 0.15) is 23.6 Å². The zero-order valence-corrected chi connectivity index (χ0v) is 8.72. The molecule has 0 aliphatic rings. The Morgan fingerprint density at radius 2 is 1.62 bits per heavy atom. The third-order valence-corrected chi connectivity index (χ3v) is 1.93. The third-order valence-electron chi connectivity index (χ3n) is 1.93. The van der Waals surface area contributed by atoms with Crippen molar-refractivity contribution in [2.45, 2.75) is 27.7 Å². The number of hydrogen-bond donors (Lipinski definition) is 0. The van der Waals surface area contributed by atoms with Crippen molar-refractivity contribution in [2.24, 2.45) is 0 Å². The molecule has 0 unspecified atom stereocenters. The molecule has 1 aromatic carbocycles. The second kappa shape index (κ2) is 4.13. The summed E-state index contributed by atoms with van der Waals surface area (Å²) in [6, 6.07) is 4.26. The molecule has 1 aromatic rings. The molecule has 0 bridgehead atoms. The molecule has 0 saturated heterocycles. The fourth-order valence-corrected chi connectivity index (χ4v) is 1.49. The van der Waals surface area contributed by atoms with Crippen molar-refractivity contribution in [1.29, 1.82) is 0 Å². The SMILES string of the molecule is C/C=C/Oc1c(C)cc(C)cc1C. The van der Waals surface area contributed by atoms with Crippen LogP contribution in [-0.4, -0.2) is 0 Å². The predicted octanol–water partition coefficient (Wildman–Crippen LogP) is 3.52. The number of ether oxygens (including phenoxy) is 1. The van der Waals surface area contributed by atoms with E-state index in [4.69, 9.17) is 4.74 Å². The van der Waals surface area contributed by atoms with Crippen molar-refractivity contribution in [3.8, 4) is 5.75 Å². The lowest BCUT2D eigenvalue weighted by Gasteiger charge is -2.09. The maximum atomic E-state index is 5.49. The number of benzene rings is 1. The topological polar surface area (TPSA) is 9.23 Å². The Morgan fingerprint density at radius 1 is 1.08 bits per heavy atom. The van der Waals surface area contributed by atoms with Gasteiger partial charge in [-0.05, 0) is 38.8 Å². The summed E-state index contributed by atoms with van der Waals surface area (Å²) in [7, 11) is 0. The number of rotatable bonds is 2. The highest BCUT2D eigenvalue weighted by Gasteiger charge is 2.02. The molecule has 1 heteroatoms. The molecule has 0 aliphatic heterocycles. The van der Waals surface area contributed by atoms with Gasteiger partial charge in [-0.2, -0.15) is 0 Å². The van der Waals surface area contributed by atoms with E-state index in [1.807, 2.05) is 13.0 Å². The van der Waals surface area contributed by atoms with E-state index in [2.05, 4.69) is 32.9 Å². The van der Waals surface area contributed by atoms with Crippen molar-refractivity contribution >= 4 is 0 Å². The van der Waals surface area contributed by atoms with Crippen LogP contribution in [0.5, 0.6) is 5.75 Å². The molecule has 0 aromatic heterocycles. The Kier molecular flexibility index (Phi) is 3.13. The second-order valence-electron chi connectivity index (χ2n) is 3.32. The minimum Gasteiger partial charge on any atom is -0.465 e. The Balaban J connectivity index is 3.05. The Bertz CT molecular complexity index is 301. The van der Waals surface area contributed by atoms with Crippen LogP contribution >= 0.6 is 0 Å². The van der Waals surface area contributed by atoms with Gasteiger partial charge in [0.15, 0.2) is 0 Å². The van der Waals surface area contributed by atoms with Crippen LogP contribution in [0.4, 0.5) is 0 Å². The van der Waals surface area contributed by atoms with Gasteiger partial charge in [0, 0.05) is 0 Å². The van der Waals surface area contributed by atoms with Crippen LogP contribution in [0.2, 0.25) is 0 Å². The smallest absolute Gasteiger partial charge is 0.132 e. The Hall–Kier alpha value is -1.24. The van der Waals surface area contributed by atoms with Crippen molar-refractivity contribution in [3.63, 3.8) is 0 Å². The zero-order chi connectivity index (χ0) is 9.84. The highest BCUT2D eigenvalue weighted by Crippen LogP contribution is 2.24. The van der Waals surface area contributed by atoms with Crippen molar-refractivity contribution in [2.75, 3.05) is 0 Å². The van der Waals surface area contributed by atoms with Crippen LogP contribution < -0.4 is 4.74 Å². The summed E-state index contributed by atoms with van der Waals surface area (Å²) in [6.07, 6.45) is 3.60. The normalized spacial score (nSPS) is 10.8. The standard InChI is InChI=1S/C12H16O/c1-5-6-13-12-10(3)7-9(2)8-11(12)4/h5-8H,1-4H3/b6-5+. The maximum Gasteiger partial charge on any atom is 0.132 e. The molecule has 0 radical (unpaired) electrons. The molecule has 0 aliphatic carbocycles. The molecule has 0 N–H and O–H groups in total. The van der Waals surface area contributed by atoms with Crippen LogP contribution in [0, 0.1) is 20.8 Å². The van der Waals surface area contributed by atoms with E-state index in [0.29, 0.717) is 0 Å². The van der Waals surface area contributed by atoms with Gasteiger partial charge in [-0.3, -0.25) is 0 Å². The van der Waals surface area contributed by atoms with Crippen molar-refractivity contribution in [1.82, 2.24) is 0 Å². The van der Waals surface area contributed by atoms with Gasteiger partial charge in [-0.1, -0.05) is 23.8 Å². The van der Waals surface area contributed by atoms with Gasteiger partial charge in [0.05, 0.1) is 6.26 Å². The molecule has 1 rings (SSSR count). The number of allylic oxidation sites excluding steroid dienone is 1. The molecule has 0 atom stereocenters. The first-order valence-corrected chi connectivity index (χ1v) is 4.51. The average Bonchev–Trinajstić information content (AvgIpc) is 2.02. The Labute approximate surface area is 80.0 Å². The van der Waals surface area contributed by atoms with E-state index in [1.165, 1.54) is 16.7 Å². The molecule has 0 spiro atoms. The largest absolute Gasteiger partial charge is 0.465 e. The highest BCUT2D eigenvalue weighted by molar-refractivity contribution is 5.43. The lowest BCUT2D eigenvalue weighted by atomic mass is 10.1. The first kappa shape index (κ1) is 9.85. The van der Waals surface area contributed by atoms with Crippen molar-refractivity contribution in [3.05, 3.63) is 41.2 Å². The summed E-state index contributed by atoms with van der Waals surface area (Å²) < 4.78 is 5.49. The summed E-state index contributed by atoms with van der Waals surface area (Å²) >= 11 is 0. The summed E-state index contributed by atoms with van der Waals surface area (Å²) in [4.78, 5) is 0. The maximum absolute atomic E-state index is 5.49. The van der Waals surface area contributed by atoms with E-state index < -0.39 is 0 Å². The van der Waals surface area contributed by atoms with Gasteiger partial charge in [-0.25, -0.2) is 0 Å². The monoisotopic (exact) mass is 176 g/mol. The lowest BCUT2D eigenvalue weighted by molar-refractivity contribution is 0.472. The third kappa shape index (κ3) is 2.35. The molecule has 13 heavy (non-hydrogen) atoms. The van der Waals surface area contributed by atoms with Crippen LogP contribution in [0.25, 0.3) is 0 Å². The number of hydrogen-bond acceptors (Lipinski definition) is 1. The second-order valence-corrected chi connectivity index (χ2v) is 3.32. The minimum absolute atomic E-state index is 0.976. The fourth-order valence-electron chi connectivity index (χ4n) is 1.49. The summed E-state index contributed by atoms with van der Waals surface area (Å²) in [5.74, 6) is 0.976. The van der Waals surface area contributed by atoms with Gasteiger partial charge < -0.3 is 4.74 Å². The van der Waals surface area contributed by atoms with E-state index in [-0.39, 0.29) is 0 Å². The van der Waals surface area contributed by atoms with Crippen LogP contribution in [0.15, 0.2) is 24.5 Å². The average molecular weight is 176 g/mol. The fraction of sp³-hybridized carbons (Fsp3) is 0.333.